The van der Waals surface area contributed by atoms with E-state index in [2.05, 4.69) is 28.7 Å². The molecule has 0 aliphatic carbocycles. The highest BCUT2D eigenvalue weighted by Crippen LogP contribution is 2.26. The Bertz CT molecular complexity index is 779. The van der Waals surface area contributed by atoms with Crippen molar-refractivity contribution in [1.82, 2.24) is 19.8 Å². The van der Waals surface area contributed by atoms with Crippen LogP contribution in [0.1, 0.15) is 56.9 Å². The van der Waals surface area contributed by atoms with Gasteiger partial charge in [0.05, 0.1) is 31.0 Å². The molecule has 1 N–H and O–H groups in total. The summed E-state index contributed by atoms with van der Waals surface area (Å²) in [4.78, 5) is 31.2. The van der Waals surface area contributed by atoms with Crippen molar-refractivity contribution in [3.05, 3.63) is 41.9 Å². The van der Waals surface area contributed by atoms with Gasteiger partial charge in [-0.2, -0.15) is 0 Å². The van der Waals surface area contributed by atoms with Crippen LogP contribution in [-0.4, -0.2) is 32.8 Å². The van der Waals surface area contributed by atoms with E-state index in [0.717, 1.165) is 23.7 Å². The molecular weight excluding hydrogens is 344 g/mol. The van der Waals surface area contributed by atoms with E-state index >= 15 is 0 Å². The van der Waals surface area contributed by atoms with E-state index in [0.29, 0.717) is 32.0 Å². The lowest BCUT2D eigenvalue weighted by atomic mass is 10.1. The van der Waals surface area contributed by atoms with E-state index in [1.807, 2.05) is 24.1 Å². The van der Waals surface area contributed by atoms with E-state index in [1.165, 1.54) is 0 Å². The largest absolute Gasteiger partial charge is 0.467 e. The van der Waals surface area contributed by atoms with Gasteiger partial charge in [0.25, 0.3) is 0 Å². The molecule has 3 rings (SSSR count). The maximum absolute atomic E-state index is 12.5. The van der Waals surface area contributed by atoms with Crippen molar-refractivity contribution in [1.29, 1.82) is 0 Å². The van der Waals surface area contributed by atoms with Crippen molar-refractivity contribution >= 4 is 11.8 Å². The smallest absolute Gasteiger partial charge is 0.226 e. The van der Waals surface area contributed by atoms with Crippen LogP contribution in [0.15, 0.2) is 29.0 Å². The Morgan fingerprint density at radius 3 is 2.89 bits per heavy atom. The van der Waals surface area contributed by atoms with Crippen LogP contribution < -0.4 is 5.32 Å². The number of carbonyl (C=O) groups excluding carboxylic acids is 2. The van der Waals surface area contributed by atoms with Gasteiger partial charge in [-0.3, -0.25) is 9.59 Å². The summed E-state index contributed by atoms with van der Waals surface area (Å²) in [5.74, 6) is 2.18. The van der Waals surface area contributed by atoms with E-state index in [-0.39, 0.29) is 24.3 Å². The number of nitrogens with one attached hydrogen (secondary N) is 1. The van der Waals surface area contributed by atoms with Crippen LogP contribution in [0.3, 0.4) is 0 Å². The summed E-state index contributed by atoms with van der Waals surface area (Å²) in [5, 5.41) is 2.83. The van der Waals surface area contributed by atoms with Crippen LogP contribution in [0.25, 0.3) is 0 Å². The maximum Gasteiger partial charge on any atom is 0.226 e. The predicted molar refractivity (Wildman–Crippen MR) is 101 cm³/mol. The quantitative estimate of drug-likeness (QED) is 0.810. The number of furan rings is 1. The Hall–Kier alpha value is -2.57. The molecule has 27 heavy (non-hydrogen) atoms. The third-order valence-electron chi connectivity index (χ3n) is 4.92. The second-order valence-corrected chi connectivity index (χ2v) is 7.51. The molecule has 7 heteroatoms. The number of amides is 2. The summed E-state index contributed by atoms with van der Waals surface area (Å²) in [5.41, 5.74) is 0.727. The van der Waals surface area contributed by atoms with Crippen molar-refractivity contribution in [2.75, 3.05) is 6.54 Å². The van der Waals surface area contributed by atoms with Crippen molar-refractivity contribution in [3.63, 3.8) is 0 Å². The molecule has 7 nitrogen and oxygen atoms in total. The Labute approximate surface area is 159 Å². The zero-order valence-corrected chi connectivity index (χ0v) is 16.3. The molecule has 1 aliphatic heterocycles. The summed E-state index contributed by atoms with van der Waals surface area (Å²) < 4.78 is 7.27. The number of hydrogen-bond donors (Lipinski definition) is 1. The highest BCUT2D eigenvalue weighted by atomic mass is 16.3. The highest BCUT2D eigenvalue weighted by molar-refractivity contribution is 5.78. The first kappa shape index (κ1) is 19.2. The lowest BCUT2D eigenvalue weighted by molar-refractivity contribution is -0.134. The number of carbonyl (C=O) groups is 2. The van der Waals surface area contributed by atoms with E-state index in [1.54, 1.807) is 12.3 Å². The number of rotatable bonds is 7. The molecule has 2 aromatic heterocycles. The molecule has 0 saturated carbocycles. The van der Waals surface area contributed by atoms with Gasteiger partial charge in [-0.1, -0.05) is 13.8 Å². The first-order valence-electron chi connectivity index (χ1n) is 9.58. The van der Waals surface area contributed by atoms with Crippen LogP contribution >= 0.6 is 0 Å². The van der Waals surface area contributed by atoms with Crippen molar-refractivity contribution < 1.29 is 14.0 Å². The Morgan fingerprint density at radius 2 is 2.19 bits per heavy atom. The van der Waals surface area contributed by atoms with Gasteiger partial charge in [0.1, 0.15) is 11.6 Å². The van der Waals surface area contributed by atoms with Crippen LogP contribution in [0, 0.1) is 5.92 Å². The maximum atomic E-state index is 12.5. The van der Waals surface area contributed by atoms with Crippen LogP contribution in [0.2, 0.25) is 0 Å². The molecule has 2 aromatic rings. The molecule has 1 aliphatic rings. The molecule has 2 amide bonds. The molecule has 0 radical (unpaired) electrons. The average molecular weight is 372 g/mol. The molecule has 0 aromatic carbocycles. The number of fused-ring (bicyclic) bond motifs is 1. The molecule has 0 bridgehead atoms. The second-order valence-electron chi connectivity index (χ2n) is 7.51. The van der Waals surface area contributed by atoms with E-state index < -0.39 is 0 Å². The van der Waals surface area contributed by atoms with Crippen molar-refractivity contribution in [3.8, 4) is 0 Å². The topological polar surface area (TPSA) is 80.4 Å². The van der Waals surface area contributed by atoms with E-state index in [9.17, 15) is 9.59 Å². The van der Waals surface area contributed by atoms with Crippen molar-refractivity contribution in [2.45, 2.75) is 59.2 Å². The van der Waals surface area contributed by atoms with Crippen LogP contribution in [0.5, 0.6) is 0 Å². The minimum Gasteiger partial charge on any atom is -0.467 e. The number of nitrogens with zero attached hydrogens (tertiary/aromatic N) is 3. The fraction of sp³-hybridized carbons (Fsp3) is 0.550. The number of hydrogen-bond acceptors (Lipinski definition) is 4. The highest BCUT2D eigenvalue weighted by Gasteiger charge is 2.29. The molecule has 0 fully saturated rings. The summed E-state index contributed by atoms with van der Waals surface area (Å²) in [6.07, 6.45) is 5.20. The molecule has 1 atom stereocenters. The first-order chi connectivity index (χ1) is 12.9. The molecule has 0 unspecified atom stereocenters. The molecule has 146 valence electrons. The number of imidazole rings is 1. The first-order valence-corrected chi connectivity index (χ1v) is 9.58. The lowest BCUT2D eigenvalue weighted by Gasteiger charge is -2.34. The monoisotopic (exact) mass is 372 g/mol. The van der Waals surface area contributed by atoms with Gasteiger partial charge in [0, 0.05) is 25.7 Å². The SMILES string of the molecule is CC(C)CCC(=O)N1CCn2cc(CC(=O)NCc3ccco3)nc2[C@@H]1C. The third-order valence-corrected chi connectivity index (χ3v) is 4.92. The molecule has 3 heterocycles. The Kier molecular flexibility index (Phi) is 5.98. The third kappa shape index (κ3) is 4.78. The van der Waals surface area contributed by atoms with Crippen LogP contribution in [0.4, 0.5) is 0 Å². The zero-order valence-electron chi connectivity index (χ0n) is 16.3. The summed E-state index contributed by atoms with van der Waals surface area (Å²) in [6, 6.07) is 3.54. The van der Waals surface area contributed by atoms with Gasteiger partial charge >= 0.3 is 0 Å². The molecule has 0 saturated heterocycles. The van der Waals surface area contributed by atoms with Crippen LogP contribution in [-0.2, 0) is 29.1 Å². The summed E-state index contributed by atoms with van der Waals surface area (Å²) in [7, 11) is 0. The summed E-state index contributed by atoms with van der Waals surface area (Å²) >= 11 is 0. The fourth-order valence-corrected chi connectivity index (χ4v) is 3.35. The summed E-state index contributed by atoms with van der Waals surface area (Å²) in [6.45, 7) is 8.03. The normalized spacial score (nSPS) is 16.4. The van der Waals surface area contributed by atoms with Gasteiger partial charge < -0.3 is 19.2 Å². The molecular formula is C20H28N4O3. The standard InChI is InChI=1S/C20H28N4O3/c1-14(2)6-7-19(26)24-9-8-23-13-16(22-20(23)15(24)3)11-18(25)21-12-17-5-4-10-27-17/h4-5,10,13-15H,6-9,11-12H2,1-3H3,(H,21,25)/t15-/m0/s1. The van der Waals surface area contributed by atoms with Gasteiger partial charge in [0.15, 0.2) is 0 Å². The van der Waals surface area contributed by atoms with Gasteiger partial charge in [-0.15, -0.1) is 0 Å². The lowest BCUT2D eigenvalue weighted by Crippen LogP contribution is -2.41. The zero-order chi connectivity index (χ0) is 19.4. The van der Waals surface area contributed by atoms with Gasteiger partial charge in [0.2, 0.25) is 11.8 Å². The Balaban J connectivity index is 1.58. The van der Waals surface area contributed by atoms with E-state index in [4.69, 9.17) is 4.42 Å². The fourth-order valence-electron chi connectivity index (χ4n) is 3.35. The average Bonchev–Trinajstić information content (AvgIpc) is 3.28. The van der Waals surface area contributed by atoms with Crippen molar-refractivity contribution in [2.24, 2.45) is 5.92 Å². The van der Waals surface area contributed by atoms with Gasteiger partial charge in [-0.25, -0.2) is 4.98 Å². The van der Waals surface area contributed by atoms with Gasteiger partial charge in [-0.05, 0) is 31.4 Å². The minimum atomic E-state index is -0.0978. The predicted octanol–water partition coefficient (Wildman–Crippen LogP) is 2.67. The second kappa shape index (κ2) is 8.41. The number of aromatic nitrogens is 2. The minimum absolute atomic E-state index is 0.0710. The Morgan fingerprint density at radius 1 is 1.37 bits per heavy atom. The molecule has 0 spiro atoms.